The van der Waals surface area contributed by atoms with Crippen LogP contribution in [0.15, 0.2) is 48.5 Å². The topological polar surface area (TPSA) is 58.6 Å². The highest BCUT2D eigenvalue weighted by molar-refractivity contribution is 6.00. The summed E-state index contributed by atoms with van der Waals surface area (Å²) in [5, 5.41) is 2.93. The lowest BCUT2D eigenvalue weighted by molar-refractivity contribution is -0.122. The van der Waals surface area contributed by atoms with Crippen LogP contribution in [0.1, 0.15) is 34.5 Å². The van der Waals surface area contributed by atoms with Gasteiger partial charge in [-0.25, -0.2) is 0 Å². The van der Waals surface area contributed by atoms with Crippen LogP contribution in [-0.2, 0) is 11.3 Å². The first-order chi connectivity index (χ1) is 11.6. The van der Waals surface area contributed by atoms with Crippen molar-refractivity contribution in [2.24, 2.45) is 0 Å². The minimum absolute atomic E-state index is 0.0635. The molecule has 0 aromatic heterocycles. The molecule has 0 saturated heterocycles. The Hall–Kier alpha value is -2.82. The van der Waals surface area contributed by atoms with Crippen LogP contribution in [0, 0.1) is 0 Å². The van der Waals surface area contributed by atoms with E-state index in [4.69, 9.17) is 4.74 Å². The molecule has 0 radical (unpaired) electrons. The van der Waals surface area contributed by atoms with Crippen molar-refractivity contribution in [3.63, 3.8) is 0 Å². The number of methoxy groups -OCH3 is 1. The minimum atomic E-state index is -0.167. The number of nitrogens with zero attached hydrogens (tertiary/aromatic N) is 1. The van der Waals surface area contributed by atoms with Gasteiger partial charge in [-0.15, -0.1) is 0 Å². The van der Waals surface area contributed by atoms with Crippen LogP contribution in [0.2, 0.25) is 0 Å². The number of rotatable bonds is 5. The molecule has 24 heavy (non-hydrogen) atoms. The van der Waals surface area contributed by atoms with Crippen molar-refractivity contribution in [2.45, 2.75) is 19.5 Å². The fourth-order valence-corrected chi connectivity index (χ4v) is 2.88. The Morgan fingerprint density at radius 3 is 2.58 bits per heavy atom. The number of nitrogens with one attached hydrogen (secondary N) is 1. The first-order valence-electron chi connectivity index (χ1n) is 7.89. The van der Waals surface area contributed by atoms with E-state index in [2.05, 4.69) is 5.32 Å². The van der Waals surface area contributed by atoms with Gasteiger partial charge in [0.25, 0.3) is 5.91 Å². The zero-order valence-corrected chi connectivity index (χ0v) is 13.8. The van der Waals surface area contributed by atoms with Crippen LogP contribution in [0.4, 0.5) is 0 Å². The van der Waals surface area contributed by atoms with Gasteiger partial charge in [-0.05, 0) is 36.2 Å². The second-order valence-corrected chi connectivity index (χ2v) is 5.88. The molecule has 124 valence electrons. The summed E-state index contributed by atoms with van der Waals surface area (Å²) in [7, 11) is 1.62. The Labute approximate surface area is 141 Å². The molecule has 5 nitrogen and oxygen atoms in total. The van der Waals surface area contributed by atoms with E-state index in [-0.39, 0.29) is 24.4 Å². The Morgan fingerprint density at radius 1 is 1.21 bits per heavy atom. The maximum Gasteiger partial charge on any atom is 0.254 e. The molecule has 0 bridgehead atoms. The van der Waals surface area contributed by atoms with Crippen molar-refractivity contribution < 1.29 is 14.3 Å². The number of hydrogen-bond acceptors (Lipinski definition) is 3. The zero-order chi connectivity index (χ0) is 17.1. The van der Waals surface area contributed by atoms with Crippen LogP contribution < -0.4 is 10.1 Å². The lowest BCUT2D eigenvalue weighted by Gasteiger charge is -2.19. The number of fused-ring (bicyclic) bond motifs is 1. The number of benzene rings is 2. The summed E-state index contributed by atoms with van der Waals surface area (Å²) in [6, 6.07) is 14.9. The number of amides is 2. The fraction of sp³-hybridized carbons (Fsp3) is 0.263. The maximum absolute atomic E-state index is 12.3. The quantitative estimate of drug-likeness (QED) is 0.919. The van der Waals surface area contributed by atoms with Crippen LogP contribution in [0.5, 0.6) is 5.75 Å². The molecule has 0 saturated carbocycles. The molecule has 1 atom stereocenters. The molecule has 1 aliphatic heterocycles. The predicted molar refractivity (Wildman–Crippen MR) is 90.7 cm³/mol. The summed E-state index contributed by atoms with van der Waals surface area (Å²) in [5.41, 5.74) is 2.65. The van der Waals surface area contributed by atoms with E-state index in [9.17, 15) is 9.59 Å². The van der Waals surface area contributed by atoms with Crippen molar-refractivity contribution in [3.8, 4) is 5.75 Å². The lowest BCUT2D eigenvalue weighted by Crippen LogP contribution is -2.38. The third-order valence-corrected chi connectivity index (χ3v) is 4.22. The minimum Gasteiger partial charge on any atom is -0.497 e. The Bertz CT molecular complexity index is 755. The SMILES string of the molecule is COc1ccc([C@@H](C)NC(=O)CN2Cc3ccccc3C2=O)cc1. The number of ether oxygens (including phenoxy) is 1. The monoisotopic (exact) mass is 324 g/mol. The van der Waals surface area contributed by atoms with Gasteiger partial charge in [0.15, 0.2) is 0 Å². The highest BCUT2D eigenvalue weighted by Crippen LogP contribution is 2.22. The summed E-state index contributed by atoms with van der Waals surface area (Å²) < 4.78 is 5.13. The molecule has 0 unspecified atom stereocenters. The summed E-state index contributed by atoms with van der Waals surface area (Å²) in [6.07, 6.45) is 0. The Balaban J connectivity index is 1.59. The van der Waals surface area contributed by atoms with Crippen LogP contribution in [-0.4, -0.2) is 30.4 Å². The van der Waals surface area contributed by atoms with Crippen molar-refractivity contribution in [3.05, 3.63) is 65.2 Å². The molecule has 0 fully saturated rings. The molecular formula is C19H20N2O3. The number of carbonyl (C=O) groups excluding carboxylic acids is 2. The first kappa shape index (κ1) is 16.1. The van der Waals surface area contributed by atoms with E-state index in [0.717, 1.165) is 16.9 Å². The molecule has 2 amide bonds. The number of hydrogen-bond donors (Lipinski definition) is 1. The lowest BCUT2D eigenvalue weighted by atomic mass is 10.1. The summed E-state index contributed by atoms with van der Waals surface area (Å²) in [4.78, 5) is 26.1. The van der Waals surface area contributed by atoms with Crippen molar-refractivity contribution in [2.75, 3.05) is 13.7 Å². The zero-order valence-electron chi connectivity index (χ0n) is 13.8. The predicted octanol–water partition coefficient (Wildman–Crippen LogP) is 2.53. The molecule has 5 heteroatoms. The van der Waals surface area contributed by atoms with E-state index in [0.29, 0.717) is 12.1 Å². The van der Waals surface area contributed by atoms with Crippen LogP contribution in [0.25, 0.3) is 0 Å². The second kappa shape index (κ2) is 6.74. The second-order valence-electron chi connectivity index (χ2n) is 5.88. The molecule has 0 spiro atoms. The van der Waals surface area contributed by atoms with Gasteiger partial charge in [0.1, 0.15) is 12.3 Å². The van der Waals surface area contributed by atoms with Gasteiger partial charge >= 0.3 is 0 Å². The Kier molecular flexibility index (Phi) is 4.51. The molecule has 2 aromatic carbocycles. The normalized spacial score (nSPS) is 14.2. The van der Waals surface area contributed by atoms with Gasteiger partial charge < -0.3 is 15.0 Å². The third-order valence-electron chi connectivity index (χ3n) is 4.22. The average Bonchev–Trinajstić information content (AvgIpc) is 2.91. The van der Waals surface area contributed by atoms with Gasteiger partial charge in [0.2, 0.25) is 5.91 Å². The van der Waals surface area contributed by atoms with E-state index in [1.807, 2.05) is 49.4 Å². The molecule has 0 aliphatic carbocycles. The standard InChI is InChI=1S/C19H20N2O3/c1-13(14-7-9-16(24-2)10-8-14)20-18(22)12-21-11-15-5-3-4-6-17(15)19(21)23/h3-10,13H,11-12H2,1-2H3,(H,20,22)/t13-/m1/s1. The van der Waals surface area contributed by atoms with E-state index >= 15 is 0 Å². The van der Waals surface area contributed by atoms with Crippen molar-refractivity contribution in [1.82, 2.24) is 10.2 Å². The highest BCUT2D eigenvalue weighted by Gasteiger charge is 2.28. The largest absolute Gasteiger partial charge is 0.497 e. The van der Waals surface area contributed by atoms with Crippen molar-refractivity contribution >= 4 is 11.8 Å². The molecule has 1 heterocycles. The Morgan fingerprint density at radius 2 is 1.92 bits per heavy atom. The smallest absolute Gasteiger partial charge is 0.254 e. The summed E-state index contributed by atoms with van der Waals surface area (Å²) >= 11 is 0. The first-order valence-corrected chi connectivity index (χ1v) is 7.89. The molecular weight excluding hydrogens is 304 g/mol. The van der Waals surface area contributed by atoms with Gasteiger partial charge in [-0.1, -0.05) is 30.3 Å². The number of carbonyl (C=O) groups is 2. The van der Waals surface area contributed by atoms with E-state index in [1.165, 1.54) is 0 Å². The fourth-order valence-electron chi connectivity index (χ4n) is 2.88. The summed E-state index contributed by atoms with van der Waals surface area (Å²) in [6.45, 7) is 2.47. The van der Waals surface area contributed by atoms with E-state index in [1.54, 1.807) is 18.1 Å². The third kappa shape index (κ3) is 3.25. The molecule has 1 N–H and O–H groups in total. The maximum atomic E-state index is 12.3. The van der Waals surface area contributed by atoms with Crippen LogP contribution in [0.3, 0.4) is 0 Å². The van der Waals surface area contributed by atoms with Gasteiger partial charge in [-0.3, -0.25) is 9.59 Å². The molecule has 1 aliphatic rings. The molecule has 2 aromatic rings. The van der Waals surface area contributed by atoms with Crippen LogP contribution >= 0.6 is 0 Å². The summed E-state index contributed by atoms with van der Waals surface area (Å²) in [5.74, 6) is 0.523. The average molecular weight is 324 g/mol. The van der Waals surface area contributed by atoms with Gasteiger partial charge in [0.05, 0.1) is 13.2 Å². The van der Waals surface area contributed by atoms with Gasteiger partial charge in [-0.2, -0.15) is 0 Å². The van der Waals surface area contributed by atoms with E-state index < -0.39 is 0 Å². The highest BCUT2D eigenvalue weighted by atomic mass is 16.5. The van der Waals surface area contributed by atoms with Gasteiger partial charge in [0, 0.05) is 12.1 Å². The van der Waals surface area contributed by atoms with Crippen molar-refractivity contribution in [1.29, 1.82) is 0 Å². The molecule has 3 rings (SSSR count).